The van der Waals surface area contributed by atoms with Crippen LogP contribution in [0.1, 0.15) is 89.3 Å². The monoisotopic (exact) mass is 726 g/mol. The molecule has 3 aromatic carbocycles. The van der Waals surface area contributed by atoms with Crippen molar-refractivity contribution in [3.8, 4) is 0 Å². The first kappa shape index (κ1) is 37.3. The van der Waals surface area contributed by atoms with Gasteiger partial charge < -0.3 is 37.9 Å². The molecule has 5 fully saturated rings. The Morgan fingerprint density at radius 2 is 1.17 bits per heavy atom. The van der Waals surface area contributed by atoms with Gasteiger partial charge in [-0.1, -0.05) is 91.0 Å². The molecule has 11 atom stereocenters. The van der Waals surface area contributed by atoms with Gasteiger partial charge in [-0.05, 0) is 70.1 Å². The molecule has 0 saturated carbocycles. The molecule has 8 heteroatoms. The summed E-state index contributed by atoms with van der Waals surface area (Å²) in [7, 11) is 0. The topological polar surface area (TPSA) is 73.8 Å². The second-order valence-corrected chi connectivity index (χ2v) is 17.0. The summed E-state index contributed by atoms with van der Waals surface area (Å²) in [6.45, 7) is 11.4. The molecular formula is C45H58O8. The lowest BCUT2D eigenvalue weighted by molar-refractivity contribution is -0.345. The van der Waals surface area contributed by atoms with Gasteiger partial charge in [0.1, 0.15) is 5.60 Å². The highest BCUT2D eigenvalue weighted by Gasteiger charge is 2.63. The number of hydrogen-bond donors (Lipinski definition) is 0. The fourth-order valence-corrected chi connectivity index (χ4v) is 9.44. The lowest BCUT2D eigenvalue weighted by Crippen LogP contribution is -2.68. The summed E-state index contributed by atoms with van der Waals surface area (Å²) in [5.41, 5.74) is 1.25. The summed E-state index contributed by atoms with van der Waals surface area (Å²) in [5.74, 6) is 0. The molecule has 5 saturated heterocycles. The molecule has 5 aliphatic rings. The van der Waals surface area contributed by atoms with Crippen molar-refractivity contribution in [2.24, 2.45) is 0 Å². The van der Waals surface area contributed by atoms with Crippen molar-refractivity contribution in [2.45, 2.75) is 158 Å². The third-order valence-electron chi connectivity index (χ3n) is 12.7. The minimum absolute atomic E-state index is 0.0125. The highest BCUT2D eigenvalue weighted by atomic mass is 16.6. The van der Waals surface area contributed by atoms with Crippen LogP contribution in [0.15, 0.2) is 91.0 Å². The second kappa shape index (κ2) is 15.5. The summed E-state index contributed by atoms with van der Waals surface area (Å²) in [5, 5.41) is 0. The van der Waals surface area contributed by atoms with Crippen LogP contribution in [-0.2, 0) is 57.7 Å². The summed E-state index contributed by atoms with van der Waals surface area (Å²) >= 11 is 0. The zero-order chi connectivity index (χ0) is 36.5. The van der Waals surface area contributed by atoms with E-state index in [1.54, 1.807) is 0 Å². The zero-order valence-corrected chi connectivity index (χ0v) is 32.0. The van der Waals surface area contributed by atoms with Crippen LogP contribution < -0.4 is 0 Å². The third kappa shape index (κ3) is 8.17. The molecule has 0 aromatic heterocycles. The molecule has 5 aliphatic heterocycles. The van der Waals surface area contributed by atoms with Gasteiger partial charge >= 0.3 is 0 Å². The van der Waals surface area contributed by atoms with Crippen LogP contribution in [0.5, 0.6) is 0 Å². The molecule has 8 nitrogen and oxygen atoms in total. The molecule has 5 heterocycles. The van der Waals surface area contributed by atoms with E-state index in [-0.39, 0.29) is 42.7 Å². The van der Waals surface area contributed by atoms with Crippen molar-refractivity contribution >= 4 is 0 Å². The van der Waals surface area contributed by atoms with E-state index in [1.165, 1.54) is 5.56 Å². The first-order valence-electron chi connectivity index (χ1n) is 19.9. The second-order valence-electron chi connectivity index (χ2n) is 17.0. The van der Waals surface area contributed by atoms with Crippen molar-refractivity contribution < 1.29 is 37.9 Å². The van der Waals surface area contributed by atoms with E-state index in [1.807, 2.05) is 42.5 Å². The van der Waals surface area contributed by atoms with E-state index < -0.39 is 22.4 Å². The first-order chi connectivity index (χ1) is 25.6. The molecule has 0 radical (unpaired) electrons. The summed E-state index contributed by atoms with van der Waals surface area (Å²) < 4.78 is 54.5. The van der Waals surface area contributed by atoms with Crippen molar-refractivity contribution in [2.75, 3.05) is 13.2 Å². The minimum Gasteiger partial charge on any atom is -0.374 e. The van der Waals surface area contributed by atoms with Crippen molar-refractivity contribution in [3.05, 3.63) is 108 Å². The van der Waals surface area contributed by atoms with Crippen molar-refractivity contribution in [3.63, 3.8) is 0 Å². The lowest BCUT2D eigenvalue weighted by atomic mass is 9.75. The third-order valence-corrected chi connectivity index (χ3v) is 12.7. The smallest absolute Gasteiger partial charge is 0.115 e. The van der Waals surface area contributed by atoms with Gasteiger partial charge in [0.25, 0.3) is 0 Å². The zero-order valence-electron chi connectivity index (χ0n) is 32.0. The van der Waals surface area contributed by atoms with Gasteiger partial charge in [0.2, 0.25) is 0 Å². The maximum absolute atomic E-state index is 7.31. The highest BCUT2D eigenvalue weighted by Crippen LogP contribution is 2.53. The van der Waals surface area contributed by atoms with E-state index in [9.17, 15) is 0 Å². The fraction of sp³-hybridized carbons (Fsp3) is 0.600. The van der Waals surface area contributed by atoms with Gasteiger partial charge in [-0.25, -0.2) is 0 Å². The van der Waals surface area contributed by atoms with Gasteiger partial charge in [0.15, 0.2) is 0 Å². The number of ether oxygens (including phenoxy) is 8. The molecule has 0 spiro atoms. The fourth-order valence-electron chi connectivity index (χ4n) is 9.44. The molecule has 3 aromatic rings. The average molecular weight is 727 g/mol. The van der Waals surface area contributed by atoms with Crippen molar-refractivity contribution in [1.82, 2.24) is 0 Å². The Balaban J connectivity index is 0.947. The molecule has 0 aliphatic carbocycles. The maximum Gasteiger partial charge on any atom is 0.115 e. The minimum atomic E-state index is -0.661. The quantitative estimate of drug-likeness (QED) is 0.196. The van der Waals surface area contributed by atoms with E-state index >= 15 is 0 Å². The number of fused-ring (bicyclic) bond motifs is 4. The molecule has 53 heavy (non-hydrogen) atoms. The van der Waals surface area contributed by atoms with Gasteiger partial charge in [0.05, 0.1) is 92.6 Å². The predicted molar refractivity (Wildman–Crippen MR) is 201 cm³/mol. The number of hydrogen-bond acceptors (Lipinski definition) is 8. The van der Waals surface area contributed by atoms with Gasteiger partial charge in [-0.3, -0.25) is 0 Å². The normalized spacial score (nSPS) is 39.5. The summed E-state index contributed by atoms with van der Waals surface area (Å²) in [6, 6.07) is 31.0. The summed E-state index contributed by atoms with van der Waals surface area (Å²) in [6.07, 6.45) is 5.22. The Bertz CT molecular complexity index is 1630. The molecule has 8 rings (SSSR count). The van der Waals surface area contributed by atoms with Gasteiger partial charge in [-0.2, -0.15) is 0 Å². The molecule has 0 unspecified atom stereocenters. The van der Waals surface area contributed by atoms with Crippen LogP contribution in [0.25, 0.3) is 0 Å². The molecular weight excluding hydrogens is 668 g/mol. The van der Waals surface area contributed by atoms with Crippen LogP contribution in [0.2, 0.25) is 0 Å². The Labute approximate surface area is 315 Å². The van der Waals surface area contributed by atoms with E-state index in [2.05, 4.69) is 76.2 Å². The van der Waals surface area contributed by atoms with Crippen LogP contribution >= 0.6 is 0 Å². The Morgan fingerprint density at radius 1 is 0.566 bits per heavy atom. The van der Waals surface area contributed by atoms with E-state index in [4.69, 9.17) is 37.9 Å². The van der Waals surface area contributed by atoms with Crippen LogP contribution in [0.4, 0.5) is 0 Å². The first-order valence-corrected chi connectivity index (χ1v) is 19.9. The predicted octanol–water partition coefficient (Wildman–Crippen LogP) is 8.13. The van der Waals surface area contributed by atoms with Gasteiger partial charge in [0, 0.05) is 19.3 Å². The Kier molecular flexibility index (Phi) is 10.9. The highest BCUT2D eigenvalue weighted by molar-refractivity contribution is 5.16. The SMILES string of the molecule is C[C@]12C[C@H]3O[C@@]4(C)C[C@@H](OCc5ccccc5)[C@](C)(COCc5ccccc5)O[C@@H]4CC[C@]3(C)O[C@@H]1C[C@@H]1O[C@H](COCc3ccccc3)CC[C@H]1O2. The molecule has 286 valence electrons. The van der Waals surface area contributed by atoms with Crippen LogP contribution in [0.3, 0.4) is 0 Å². The molecule has 0 bridgehead atoms. The lowest BCUT2D eigenvalue weighted by Gasteiger charge is -2.58. The molecule has 0 amide bonds. The van der Waals surface area contributed by atoms with Gasteiger partial charge in [-0.15, -0.1) is 0 Å². The van der Waals surface area contributed by atoms with Crippen LogP contribution in [-0.4, -0.2) is 78.3 Å². The standard InChI is InChI=1S/C45H58O8/c1-42-23-22-38-43(2,25-40(48-29-34-18-12-7-13-19-34)45(4,51-38)31-47-28-33-16-10-6-11-17-33)53-41(42)26-44(3)39(52-42)24-37-36(50-44)21-20-35(49-37)30-46-27-32-14-8-5-9-15-32/h5-19,35-41H,20-31H2,1-4H3/t35-,36+,37-,38+,39+,40+,41+,42-,43-,44-,45-/m0/s1. The largest absolute Gasteiger partial charge is 0.374 e. The average Bonchev–Trinajstić information content (AvgIpc) is 3.25. The van der Waals surface area contributed by atoms with Crippen LogP contribution in [0, 0.1) is 0 Å². The Morgan fingerprint density at radius 3 is 1.85 bits per heavy atom. The maximum atomic E-state index is 7.31. The van der Waals surface area contributed by atoms with Crippen molar-refractivity contribution in [1.29, 1.82) is 0 Å². The summed E-state index contributed by atoms with van der Waals surface area (Å²) in [4.78, 5) is 0. The Hall–Kier alpha value is -2.66. The van der Waals surface area contributed by atoms with E-state index in [0.717, 1.165) is 49.7 Å². The number of rotatable bonds is 11. The molecule has 0 N–H and O–H groups in total. The number of benzene rings is 3. The van der Waals surface area contributed by atoms with E-state index in [0.29, 0.717) is 39.5 Å².